The summed E-state index contributed by atoms with van der Waals surface area (Å²) in [5.41, 5.74) is 4.47. The second-order valence-corrected chi connectivity index (χ2v) is 9.49. The van der Waals surface area contributed by atoms with Crippen molar-refractivity contribution in [3.63, 3.8) is 0 Å². The number of aliphatic hydroxyl groups is 1. The van der Waals surface area contributed by atoms with Gasteiger partial charge in [0.05, 0.1) is 30.6 Å². The van der Waals surface area contributed by atoms with Gasteiger partial charge in [0.2, 0.25) is 0 Å². The van der Waals surface area contributed by atoms with Crippen molar-refractivity contribution in [2.24, 2.45) is 0 Å². The number of amides is 2. The number of fused-ring (bicyclic) bond motifs is 2. The third-order valence-corrected chi connectivity index (χ3v) is 7.41. The van der Waals surface area contributed by atoms with Crippen LogP contribution in [0.2, 0.25) is 0 Å². The average molecular weight is 515 g/mol. The van der Waals surface area contributed by atoms with Crippen molar-refractivity contribution in [3.05, 3.63) is 64.7 Å². The first-order chi connectivity index (χ1) is 17.0. The Balaban J connectivity index is 0.00000304. The third kappa shape index (κ3) is 5.37. The molecule has 3 heterocycles. The Morgan fingerprint density at radius 2 is 1.81 bits per heavy atom. The highest BCUT2D eigenvalue weighted by molar-refractivity contribution is 6.03. The van der Waals surface area contributed by atoms with Crippen LogP contribution < -0.4 is 10.2 Å². The number of benzene rings is 2. The standard InChI is InChI=1S/C27H34N4O4.ClH/c1-2-29-9-10-31(18-25(32)23-15-19-5-3-4-6-21(19)17-28-23)27(34)22-8-7-20(16-24(22)29)26(33)30-11-13-35-14-12-30;/h3-8,16,23,25,28,32H,2,9-15,17-18H2,1H3;1H/t23-,25?;/m0./s1. The SMILES string of the molecule is CCN1CCN(CC(O)[C@@H]2Cc3ccccc3CN2)C(=O)c2ccc(C(=O)N3CCOCC3)cc21.Cl. The average Bonchev–Trinajstić information content (AvgIpc) is 3.04. The summed E-state index contributed by atoms with van der Waals surface area (Å²) in [4.78, 5) is 32.3. The van der Waals surface area contributed by atoms with Crippen LogP contribution in [0.4, 0.5) is 5.69 Å². The minimum Gasteiger partial charge on any atom is -0.390 e. The van der Waals surface area contributed by atoms with Gasteiger partial charge in [0.15, 0.2) is 0 Å². The summed E-state index contributed by atoms with van der Waals surface area (Å²) in [5, 5.41) is 14.5. The van der Waals surface area contributed by atoms with E-state index < -0.39 is 6.10 Å². The molecular formula is C27H35ClN4O4. The summed E-state index contributed by atoms with van der Waals surface area (Å²) in [7, 11) is 0. The van der Waals surface area contributed by atoms with Gasteiger partial charge in [-0.15, -0.1) is 12.4 Å². The summed E-state index contributed by atoms with van der Waals surface area (Å²) in [6.07, 6.45) is 0.0652. The predicted octanol–water partition coefficient (Wildman–Crippen LogP) is 1.94. The van der Waals surface area contributed by atoms with E-state index in [-0.39, 0.29) is 36.8 Å². The number of nitrogens with one attached hydrogen (secondary N) is 1. The Kier molecular flexibility index (Phi) is 8.51. The molecule has 0 bridgehead atoms. The molecular weight excluding hydrogens is 480 g/mol. The lowest BCUT2D eigenvalue weighted by molar-refractivity contribution is 0.0303. The molecule has 0 spiro atoms. The number of morpholine rings is 1. The van der Waals surface area contributed by atoms with Crippen molar-refractivity contribution in [2.45, 2.75) is 32.0 Å². The van der Waals surface area contributed by atoms with Gasteiger partial charge in [0.1, 0.15) is 0 Å². The van der Waals surface area contributed by atoms with Crippen molar-refractivity contribution < 1.29 is 19.4 Å². The minimum atomic E-state index is -0.675. The molecule has 0 radical (unpaired) electrons. The monoisotopic (exact) mass is 514 g/mol. The fourth-order valence-corrected chi connectivity index (χ4v) is 5.30. The van der Waals surface area contributed by atoms with Crippen molar-refractivity contribution in [2.75, 3.05) is 57.4 Å². The third-order valence-electron chi connectivity index (χ3n) is 7.41. The highest BCUT2D eigenvalue weighted by atomic mass is 35.5. The smallest absolute Gasteiger partial charge is 0.256 e. The van der Waals surface area contributed by atoms with E-state index in [1.807, 2.05) is 18.2 Å². The first-order valence-electron chi connectivity index (χ1n) is 12.6. The molecule has 3 aliphatic heterocycles. The van der Waals surface area contributed by atoms with Crippen LogP contribution in [0, 0.1) is 0 Å². The Morgan fingerprint density at radius 3 is 2.56 bits per heavy atom. The lowest BCUT2D eigenvalue weighted by Gasteiger charge is -2.33. The number of halogens is 1. The van der Waals surface area contributed by atoms with Crippen molar-refractivity contribution in [1.82, 2.24) is 15.1 Å². The quantitative estimate of drug-likeness (QED) is 0.634. The summed E-state index contributed by atoms with van der Waals surface area (Å²) < 4.78 is 5.37. The van der Waals surface area contributed by atoms with E-state index in [9.17, 15) is 14.7 Å². The maximum Gasteiger partial charge on any atom is 0.256 e. The van der Waals surface area contributed by atoms with Crippen LogP contribution in [-0.4, -0.2) is 91.3 Å². The van der Waals surface area contributed by atoms with E-state index in [0.29, 0.717) is 50.5 Å². The van der Waals surface area contributed by atoms with Crippen molar-refractivity contribution in [1.29, 1.82) is 0 Å². The molecule has 1 fully saturated rings. The topological polar surface area (TPSA) is 85.3 Å². The van der Waals surface area contributed by atoms with Gasteiger partial charge in [-0.1, -0.05) is 24.3 Å². The van der Waals surface area contributed by atoms with E-state index in [4.69, 9.17) is 4.74 Å². The van der Waals surface area contributed by atoms with Crippen molar-refractivity contribution >= 4 is 29.9 Å². The molecule has 36 heavy (non-hydrogen) atoms. The molecule has 1 unspecified atom stereocenters. The predicted molar refractivity (Wildman–Crippen MR) is 141 cm³/mol. The van der Waals surface area contributed by atoms with E-state index in [1.54, 1.807) is 21.9 Å². The Labute approximate surface area is 218 Å². The lowest BCUT2D eigenvalue weighted by Crippen LogP contribution is -2.50. The van der Waals surface area contributed by atoms with Gasteiger partial charge in [-0.25, -0.2) is 0 Å². The highest BCUT2D eigenvalue weighted by Crippen LogP contribution is 2.28. The molecule has 5 rings (SSSR count). The Hall–Kier alpha value is -2.65. The van der Waals surface area contributed by atoms with Crippen LogP contribution in [0.3, 0.4) is 0 Å². The zero-order valence-corrected chi connectivity index (χ0v) is 21.5. The maximum atomic E-state index is 13.6. The molecule has 0 aliphatic carbocycles. The fraction of sp³-hybridized carbons (Fsp3) is 0.481. The summed E-state index contributed by atoms with van der Waals surface area (Å²) >= 11 is 0. The number of rotatable bonds is 5. The number of nitrogens with zero attached hydrogens (tertiary/aromatic N) is 3. The van der Waals surface area contributed by atoms with Crippen LogP contribution in [0.1, 0.15) is 38.8 Å². The van der Waals surface area contributed by atoms with E-state index in [1.165, 1.54) is 11.1 Å². The zero-order valence-electron chi connectivity index (χ0n) is 20.7. The molecule has 194 valence electrons. The molecule has 0 saturated carbocycles. The van der Waals surface area contributed by atoms with Gasteiger partial charge in [-0.3, -0.25) is 9.59 Å². The summed E-state index contributed by atoms with van der Waals surface area (Å²) in [5.74, 6) is -0.128. The molecule has 2 aromatic carbocycles. The maximum absolute atomic E-state index is 13.6. The molecule has 2 atom stereocenters. The van der Waals surface area contributed by atoms with Gasteiger partial charge in [0.25, 0.3) is 11.8 Å². The van der Waals surface area contributed by atoms with Gasteiger partial charge in [0, 0.05) is 57.4 Å². The lowest BCUT2D eigenvalue weighted by atomic mass is 9.92. The minimum absolute atomic E-state index is 0. The van der Waals surface area contributed by atoms with E-state index >= 15 is 0 Å². The number of hydrogen-bond donors (Lipinski definition) is 2. The van der Waals surface area contributed by atoms with E-state index in [0.717, 1.165) is 25.2 Å². The molecule has 9 heteroatoms. The number of carbonyl (C=O) groups excluding carboxylic acids is 2. The van der Waals surface area contributed by atoms with Gasteiger partial charge in [-0.05, 0) is 42.7 Å². The number of carbonyl (C=O) groups is 2. The number of likely N-dealkylation sites (N-methyl/N-ethyl adjacent to an activating group) is 1. The summed E-state index contributed by atoms with van der Waals surface area (Å²) in [6, 6.07) is 13.6. The zero-order chi connectivity index (χ0) is 24.4. The van der Waals surface area contributed by atoms with Gasteiger partial charge < -0.3 is 29.9 Å². The number of anilines is 1. The van der Waals surface area contributed by atoms with Gasteiger partial charge in [-0.2, -0.15) is 0 Å². The number of aliphatic hydroxyl groups excluding tert-OH is 1. The molecule has 1 saturated heterocycles. The molecule has 8 nitrogen and oxygen atoms in total. The largest absolute Gasteiger partial charge is 0.390 e. The number of β-amino-alcohol motifs (C(OH)–C–C–N with tert-alkyl or cyclic N) is 1. The first-order valence-corrected chi connectivity index (χ1v) is 12.6. The van der Waals surface area contributed by atoms with Crippen LogP contribution in [-0.2, 0) is 17.7 Å². The Morgan fingerprint density at radius 1 is 1.08 bits per heavy atom. The van der Waals surface area contributed by atoms with Crippen molar-refractivity contribution in [3.8, 4) is 0 Å². The normalized spacial score (nSPS) is 20.7. The van der Waals surface area contributed by atoms with Crippen LogP contribution in [0.25, 0.3) is 0 Å². The first kappa shape index (κ1) is 26.4. The second kappa shape index (κ2) is 11.6. The molecule has 2 amide bonds. The number of ether oxygens (including phenoxy) is 1. The van der Waals surface area contributed by atoms with Crippen LogP contribution >= 0.6 is 12.4 Å². The molecule has 3 aliphatic rings. The molecule has 0 aromatic heterocycles. The fourth-order valence-electron chi connectivity index (χ4n) is 5.30. The number of hydrogen-bond acceptors (Lipinski definition) is 6. The van der Waals surface area contributed by atoms with E-state index in [2.05, 4.69) is 29.3 Å². The van der Waals surface area contributed by atoms with Crippen LogP contribution in [0.5, 0.6) is 0 Å². The highest BCUT2D eigenvalue weighted by Gasteiger charge is 2.32. The summed E-state index contributed by atoms with van der Waals surface area (Å²) in [6.45, 7) is 7.21. The van der Waals surface area contributed by atoms with Crippen LogP contribution in [0.15, 0.2) is 42.5 Å². The molecule has 2 aromatic rings. The Bertz CT molecular complexity index is 1090. The van der Waals surface area contributed by atoms with Gasteiger partial charge >= 0.3 is 0 Å². The molecule has 2 N–H and O–H groups in total. The second-order valence-electron chi connectivity index (χ2n) is 9.49.